The maximum Gasteiger partial charge on any atom is 0.153 e. The largest absolute Gasteiger partial charge is 0.298 e. The van der Waals surface area contributed by atoms with Crippen molar-refractivity contribution in [1.29, 1.82) is 0 Å². The van der Waals surface area contributed by atoms with Crippen LogP contribution >= 0.6 is 23.2 Å². The van der Waals surface area contributed by atoms with Crippen LogP contribution in [0.4, 0.5) is 0 Å². The minimum absolute atomic E-state index is 0.497. The standard InChI is InChI=1S/C14H14Cl2N2O/c1-2-3-6-18-8-10(9-19)14(17-18)12-5-4-11(15)7-13(12)16/h4-5,7-9H,2-3,6H2,1H3. The molecule has 0 aliphatic heterocycles. The fourth-order valence-electron chi connectivity index (χ4n) is 1.85. The van der Waals surface area contributed by atoms with Crippen molar-refractivity contribution in [2.75, 3.05) is 0 Å². The molecule has 0 radical (unpaired) electrons. The molecule has 0 fully saturated rings. The van der Waals surface area contributed by atoms with Gasteiger partial charge in [-0.25, -0.2) is 0 Å². The molecule has 2 aromatic rings. The molecule has 0 aliphatic carbocycles. The first-order chi connectivity index (χ1) is 9.15. The van der Waals surface area contributed by atoms with E-state index in [4.69, 9.17) is 23.2 Å². The first kappa shape index (κ1) is 14.1. The van der Waals surface area contributed by atoms with E-state index in [9.17, 15) is 4.79 Å². The molecule has 0 bridgehead atoms. The van der Waals surface area contributed by atoms with E-state index < -0.39 is 0 Å². The summed E-state index contributed by atoms with van der Waals surface area (Å²) >= 11 is 12.0. The topological polar surface area (TPSA) is 34.9 Å². The first-order valence-corrected chi connectivity index (χ1v) is 6.89. The Balaban J connectivity index is 2.42. The van der Waals surface area contributed by atoms with E-state index in [-0.39, 0.29) is 0 Å². The zero-order chi connectivity index (χ0) is 13.8. The predicted molar refractivity (Wildman–Crippen MR) is 78.0 cm³/mol. The van der Waals surface area contributed by atoms with Gasteiger partial charge >= 0.3 is 0 Å². The number of carbonyl (C=O) groups excluding carboxylic acids is 1. The van der Waals surface area contributed by atoms with Crippen molar-refractivity contribution in [1.82, 2.24) is 9.78 Å². The molecular weight excluding hydrogens is 283 g/mol. The Bertz CT molecular complexity index is 593. The van der Waals surface area contributed by atoms with E-state index in [1.54, 1.807) is 29.1 Å². The lowest BCUT2D eigenvalue weighted by Gasteiger charge is -2.02. The Labute approximate surface area is 122 Å². The second-order valence-corrected chi connectivity index (χ2v) is 5.14. The number of unbranched alkanes of at least 4 members (excludes halogenated alkanes) is 1. The van der Waals surface area contributed by atoms with E-state index in [0.29, 0.717) is 21.3 Å². The number of aromatic nitrogens is 2. The fraction of sp³-hybridized carbons (Fsp3) is 0.286. The molecule has 100 valence electrons. The van der Waals surface area contributed by atoms with E-state index in [1.165, 1.54) is 0 Å². The van der Waals surface area contributed by atoms with Crippen molar-refractivity contribution >= 4 is 29.5 Å². The average molecular weight is 297 g/mol. The van der Waals surface area contributed by atoms with Gasteiger partial charge in [0.05, 0.1) is 10.6 Å². The summed E-state index contributed by atoms with van der Waals surface area (Å²) in [5.74, 6) is 0. The molecule has 1 aromatic carbocycles. The van der Waals surface area contributed by atoms with E-state index in [1.807, 2.05) is 0 Å². The van der Waals surface area contributed by atoms with Crippen LogP contribution in [-0.2, 0) is 6.54 Å². The van der Waals surface area contributed by atoms with Gasteiger partial charge in [-0.3, -0.25) is 9.48 Å². The number of hydrogen-bond acceptors (Lipinski definition) is 2. The van der Waals surface area contributed by atoms with E-state index in [0.717, 1.165) is 31.2 Å². The summed E-state index contributed by atoms with van der Waals surface area (Å²) in [6.45, 7) is 2.91. The number of halogens is 2. The Morgan fingerprint density at radius 3 is 2.79 bits per heavy atom. The summed E-state index contributed by atoms with van der Waals surface area (Å²) in [7, 11) is 0. The van der Waals surface area contributed by atoms with Gasteiger partial charge in [0.25, 0.3) is 0 Å². The minimum atomic E-state index is 0.497. The van der Waals surface area contributed by atoms with Crippen LogP contribution in [0, 0.1) is 0 Å². The summed E-state index contributed by atoms with van der Waals surface area (Å²) in [5.41, 5.74) is 1.87. The van der Waals surface area contributed by atoms with Crippen molar-refractivity contribution in [2.45, 2.75) is 26.3 Å². The molecule has 0 spiro atoms. The van der Waals surface area contributed by atoms with Gasteiger partial charge in [0.15, 0.2) is 6.29 Å². The molecule has 2 rings (SSSR count). The molecule has 1 heterocycles. The summed E-state index contributed by atoms with van der Waals surface area (Å²) in [6, 6.07) is 5.17. The Morgan fingerprint density at radius 1 is 1.37 bits per heavy atom. The van der Waals surface area contributed by atoms with Crippen molar-refractivity contribution in [3.63, 3.8) is 0 Å². The molecule has 0 atom stereocenters. The molecule has 0 amide bonds. The Kier molecular flexibility index (Phi) is 4.61. The molecule has 0 saturated carbocycles. The van der Waals surface area contributed by atoms with Crippen LogP contribution in [0.2, 0.25) is 10.0 Å². The monoisotopic (exact) mass is 296 g/mol. The van der Waals surface area contributed by atoms with Gasteiger partial charge in [-0.2, -0.15) is 5.10 Å². The van der Waals surface area contributed by atoms with Crippen LogP contribution in [-0.4, -0.2) is 16.1 Å². The number of aldehydes is 1. The highest BCUT2D eigenvalue weighted by Gasteiger charge is 2.13. The maximum absolute atomic E-state index is 11.1. The van der Waals surface area contributed by atoms with Crippen LogP contribution in [0.1, 0.15) is 30.1 Å². The van der Waals surface area contributed by atoms with Crippen molar-refractivity contribution in [3.8, 4) is 11.3 Å². The molecule has 0 saturated heterocycles. The fourth-order valence-corrected chi connectivity index (χ4v) is 2.35. The van der Waals surface area contributed by atoms with Gasteiger partial charge < -0.3 is 0 Å². The van der Waals surface area contributed by atoms with Crippen molar-refractivity contribution < 1.29 is 4.79 Å². The highest BCUT2D eigenvalue weighted by molar-refractivity contribution is 6.36. The van der Waals surface area contributed by atoms with Gasteiger partial charge in [0, 0.05) is 23.3 Å². The quantitative estimate of drug-likeness (QED) is 0.763. The van der Waals surface area contributed by atoms with Crippen molar-refractivity contribution in [2.24, 2.45) is 0 Å². The molecule has 0 aliphatic rings. The number of rotatable bonds is 5. The number of benzene rings is 1. The smallest absolute Gasteiger partial charge is 0.153 e. The SMILES string of the molecule is CCCCn1cc(C=O)c(-c2ccc(Cl)cc2Cl)n1. The average Bonchev–Trinajstić information content (AvgIpc) is 2.79. The number of hydrogen-bond donors (Lipinski definition) is 0. The third kappa shape index (κ3) is 3.17. The highest BCUT2D eigenvalue weighted by Crippen LogP contribution is 2.31. The van der Waals surface area contributed by atoms with Crippen molar-refractivity contribution in [3.05, 3.63) is 40.0 Å². The van der Waals surface area contributed by atoms with Gasteiger partial charge in [-0.1, -0.05) is 36.5 Å². The van der Waals surface area contributed by atoms with E-state index in [2.05, 4.69) is 12.0 Å². The summed E-state index contributed by atoms with van der Waals surface area (Å²) in [6.07, 6.45) is 4.65. The minimum Gasteiger partial charge on any atom is -0.298 e. The van der Waals surface area contributed by atoms with Crippen LogP contribution in [0.3, 0.4) is 0 Å². The van der Waals surface area contributed by atoms with Gasteiger partial charge in [-0.15, -0.1) is 0 Å². The van der Waals surface area contributed by atoms with Crippen LogP contribution in [0.5, 0.6) is 0 Å². The second-order valence-electron chi connectivity index (χ2n) is 4.29. The zero-order valence-electron chi connectivity index (χ0n) is 10.6. The third-order valence-corrected chi connectivity index (χ3v) is 3.39. The molecule has 19 heavy (non-hydrogen) atoms. The van der Waals surface area contributed by atoms with Crippen LogP contribution in [0.25, 0.3) is 11.3 Å². The maximum atomic E-state index is 11.1. The number of carbonyl (C=O) groups is 1. The van der Waals surface area contributed by atoms with Crippen LogP contribution in [0.15, 0.2) is 24.4 Å². The highest BCUT2D eigenvalue weighted by atomic mass is 35.5. The molecule has 1 aromatic heterocycles. The Hall–Kier alpha value is -1.32. The molecule has 0 unspecified atom stereocenters. The number of nitrogens with zero attached hydrogens (tertiary/aromatic N) is 2. The zero-order valence-corrected chi connectivity index (χ0v) is 12.1. The summed E-state index contributed by atoms with van der Waals surface area (Å²) in [5, 5.41) is 5.50. The lowest BCUT2D eigenvalue weighted by Crippen LogP contribution is -1.98. The van der Waals surface area contributed by atoms with Crippen LogP contribution < -0.4 is 0 Å². The Morgan fingerprint density at radius 2 is 2.16 bits per heavy atom. The van der Waals surface area contributed by atoms with Gasteiger partial charge in [0.1, 0.15) is 5.69 Å². The van der Waals surface area contributed by atoms with Gasteiger partial charge in [0.2, 0.25) is 0 Å². The number of aryl methyl sites for hydroxylation is 1. The first-order valence-electron chi connectivity index (χ1n) is 6.13. The normalized spacial score (nSPS) is 10.7. The third-order valence-electron chi connectivity index (χ3n) is 2.84. The summed E-state index contributed by atoms with van der Waals surface area (Å²) in [4.78, 5) is 11.1. The molecule has 3 nitrogen and oxygen atoms in total. The molecular formula is C14H14Cl2N2O. The second kappa shape index (κ2) is 6.22. The summed E-state index contributed by atoms with van der Waals surface area (Å²) < 4.78 is 1.79. The van der Waals surface area contributed by atoms with Gasteiger partial charge in [-0.05, 0) is 24.6 Å². The lowest BCUT2D eigenvalue weighted by atomic mass is 10.1. The molecule has 5 heteroatoms. The predicted octanol–water partition coefficient (Wildman–Crippen LogP) is 4.47. The lowest BCUT2D eigenvalue weighted by molar-refractivity contribution is 0.112. The van der Waals surface area contributed by atoms with E-state index >= 15 is 0 Å². The molecule has 0 N–H and O–H groups in total.